The minimum Gasteiger partial charge on any atom is -0.377 e. The van der Waals surface area contributed by atoms with Gasteiger partial charge in [0.25, 0.3) is 0 Å². The molecule has 0 atom stereocenters. The van der Waals surface area contributed by atoms with Crippen LogP contribution in [0.3, 0.4) is 0 Å². The van der Waals surface area contributed by atoms with Gasteiger partial charge >= 0.3 is 10.1 Å². The Hall–Kier alpha value is -2.98. The molecule has 0 saturated heterocycles. The van der Waals surface area contributed by atoms with Crippen molar-refractivity contribution in [1.82, 2.24) is 4.98 Å². The molecule has 0 N–H and O–H groups in total. The second-order valence-electron chi connectivity index (χ2n) is 5.07. The molecule has 0 aliphatic heterocycles. The van der Waals surface area contributed by atoms with Gasteiger partial charge in [-0.15, -0.1) is 0 Å². The first-order chi connectivity index (χ1) is 11.4. The van der Waals surface area contributed by atoms with Crippen molar-refractivity contribution in [3.8, 4) is 11.8 Å². The maximum atomic E-state index is 13.4. The summed E-state index contributed by atoms with van der Waals surface area (Å²) in [6.07, 6.45) is 0. The quantitative estimate of drug-likeness (QED) is 0.682. The predicted molar refractivity (Wildman–Crippen MR) is 85.4 cm³/mol. The minimum absolute atomic E-state index is 0.0685. The lowest BCUT2D eigenvalue weighted by Crippen LogP contribution is -2.11. The molecule has 0 spiro atoms. The van der Waals surface area contributed by atoms with Crippen LogP contribution < -0.4 is 4.18 Å². The van der Waals surface area contributed by atoms with E-state index < -0.39 is 15.9 Å². The average Bonchev–Trinajstić information content (AvgIpc) is 2.55. The molecule has 1 aromatic heterocycles. The van der Waals surface area contributed by atoms with E-state index in [4.69, 9.17) is 9.44 Å². The highest BCUT2D eigenvalue weighted by Crippen LogP contribution is 2.27. The Morgan fingerprint density at radius 3 is 2.71 bits per heavy atom. The molecule has 3 aromatic rings. The van der Waals surface area contributed by atoms with Crippen LogP contribution in [0.2, 0.25) is 0 Å². The summed E-state index contributed by atoms with van der Waals surface area (Å²) in [7, 11) is -4.22. The Kier molecular flexibility index (Phi) is 3.91. The lowest BCUT2D eigenvalue weighted by atomic mass is 10.2. The van der Waals surface area contributed by atoms with Gasteiger partial charge in [0.1, 0.15) is 22.3 Å². The first kappa shape index (κ1) is 15.9. The number of hydrogen-bond donors (Lipinski definition) is 0. The Balaban J connectivity index is 2.08. The lowest BCUT2D eigenvalue weighted by Gasteiger charge is -2.10. The zero-order valence-corrected chi connectivity index (χ0v) is 13.3. The van der Waals surface area contributed by atoms with E-state index in [1.54, 1.807) is 31.2 Å². The van der Waals surface area contributed by atoms with Gasteiger partial charge in [-0.05, 0) is 37.3 Å². The van der Waals surface area contributed by atoms with E-state index in [0.29, 0.717) is 11.2 Å². The predicted octanol–water partition coefficient (Wildman–Crippen LogP) is 3.32. The molecule has 3 rings (SSSR count). The van der Waals surface area contributed by atoms with Crippen LogP contribution in [0.1, 0.15) is 11.3 Å². The normalized spacial score (nSPS) is 11.2. The van der Waals surface area contributed by atoms with Gasteiger partial charge < -0.3 is 4.18 Å². The van der Waals surface area contributed by atoms with E-state index in [2.05, 4.69) is 4.98 Å². The third-order valence-electron chi connectivity index (χ3n) is 3.37. The van der Waals surface area contributed by atoms with Crippen LogP contribution in [0.25, 0.3) is 10.9 Å². The van der Waals surface area contributed by atoms with E-state index in [0.717, 1.165) is 23.6 Å². The number of fused-ring (bicyclic) bond motifs is 1. The van der Waals surface area contributed by atoms with E-state index >= 15 is 0 Å². The molecular weight excluding hydrogens is 331 g/mol. The molecule has 0 saturated carbocycles. The monoisotopic (exact) mass is 342 g/mol. The number of nitrogens with zero attached hydrogens (tertiary/aromatic N) is 2. The number of para-hydroxylation sites is 1. The van der Waals surface area contributed by atoms with Crippen LogP contribution in [-0.2, 0) is 10.1 Å². The van der Waals surface area contributed by atoms with Crippen LogP contribution in [0, 0.1) is 24.1 Å². The third kappa shape index (κ3) is 2.92. The molecule has 0 aliphatic rings. The molecule has 0 fully saturated rings. The van der Waals surface area contributed by atoms with Gasteiger partial charge in [-0.1, -0.05) is 18.2 Å². The van der Waals surface area contributed by atoms with Crippen molar-refractivity contribution >= 4 is 21.0 Å². The molecule has 24 heavy (non-hydrogen) atoms. The number of halogens is 1. The van der Waals surface area contributed by atoms with Crippen LogP contribution in [-0.4, -0.2) is 13.4 Å². The fourth-order valence-electron chi connectivity index (χ4n) is 2.20. The van der Waals surface area contributed by atoms with E-state index in [1.807, 2.05) is 6.07 Å². The number of nitriles is 1. The molecule has 2 aromatic carbocycles. The minimum atomic E-state index is -4.22. The summed E-state index contributed by atoms with van der Waals surface area (Å²) in [4.78, 5) is 4.00. The van der Waals surface area contributed by atoms with Crippen molar-refractivity contribution in [1.29, 1.82) is 5.26 Å². The number of rotatable bonds is 3. The van der Waals surface area contributed by atoms with Crippen LogP contribution in [0.5, 0.6) is 5.75 Å². The number of aromatic nitrogens is 1. The molecule has 0 unspecified atom stereocenters. The standard InChI is InChI=1S/C17H11FN2O3S/c1-11-5-6-12-3-2-4-16(17(12)20-11)23-24(21,22)14-7-8-15(18)13(9-14)10-19/h2-9H,1H3. The number of hydrogen-bond acceptors (Lipinski definition) is 5. The van der Waals surface area contributed by atoms with Gasteiger partial charge in [0.2, 0.25) is 0 Å². The smallest absolute Gasteiger partial charge is 0.339 e. The summed E-state index contributed by atoms with van der Waals surface area (Å²) < 4.78 is 43.4. The highest BCUT2D eigenvalue weighted by atomic mass is 32.2. The average molecular weight is 342 g/mol. The summed E-state index contributed by atoms with van der Waals surface area (Å²) in [6, 6.07) is 13.0. The molecule has 5 nitrogen and oxygen atoms in total. The van der Waals surface area contributed by atoms with E-state index in [1.165, 1.54) is 6.07 Å². The van der Waals surface area contributed by atoms with Crippen molar-refractivity contribution in [2.75, 3.05) is 0 Å². The molecular formula is C17H11FN2O3S. The van der Waals surface area contributed by atoms with Crippen molar-refractivity contribution in [3.63, 3.8) is 0 Å². The van der Waals surface area contributed by atoms with Crippen molar-refractivity contribution in [2.45, 2.75) is 11.8 Å². The van der Waals surface area contributed by atoms with Gasteiger partial charge in [0, 0.05) is 11.1 Å². The van der Waals surface area contributed by atoms with Crippen LogP contribution in [0.15, 0.2) is 53.4 Å². The topological polar surface area (TPSA) is 80.0 Å². The fraction of sp³-hybridized carbons (Fsp3) is 0.0588. The highest BCUT2D eigenvalue weighted by molar-refractivity contribution is 7.87. The Bertz CT molecular complexity index is 1090. The van der Waals surface area contributed by atoms with Crippen molar-refractivity contribution < 1.29 is 17.0 Å². The summed E-state index contributed by atoms with van der Waals surface area (Å²) >= 11 is 0. The van der Waals surface area contributed by atoms with Gasteiger partial charge in [0.15, 0.2) is 5.75 Å². The molecule has 0 aliphatic carbocycles. The van der Waals surface area contributed by atoms with Crippen molar-refractivity contribution in [2.24, 2.45) is 0 Å². The van der Waals surface area contributed by atoms with Gasteiger partial charge in [-0.25, -0.2) is 9.37 Å². The summed E-state index contributed by atoms with van der Waals surface area (Å²) in [5, 5.41) is 9.56. The maximum absolute atomic E-state index is 13.4. The molecule has 120 valence electrons. The second-order valence-corrected chi connectivity index (χ2v) is 6.62. The first-order valence-electron chi connectivity index (χ1n) is 6.91. The summed E-state index contributed by atoms with van der Waals surface area (Å²) in [5.41, 5.74) is 0.750. The van der Waals surface area contributed by atoms with Crippen LogP contribution >= 0.6 is 0 Å². The molecule has 0 bridgehead atoms. The lowest BCUT2D eigenvalue weighted by molar-refractivity contribution is 0.488. The fourth-order valence-corrected chi connectivity index (χ4v) is 3.16. The summed E-state index contributed by atoms with van der Waals surface area (Å²) in [5.74, 6) is -0.724. The number of benzene rings is 2. The van der Waals surface area contributed by atoms with E-state index in [-0.39, 0.29) is 16.2 Å². The summed E-state index contributed by atoms with van der Waals surface area (Å²) in [6.45, 7) is 1.78. The van der Waals surface area contributed by atoms with E-state index in [9.17, 15) is 12.8 Å². The largest absolute Gasteiger partial charge is 0.377 e. The Morgan fingerprint density at radius 1 is 1.17 bits per heavy atom. The third-order valence-corrected chi connectivity index (χ3v) is 4.60. The van der Waals surface area contributed by atoms with Gasteiger partial charge in [-0.2, -0.15) is 13.7 Å². The molecule has 0 radical (unpaired) electrons. The van der Waals surface area contributed by atoms with Crippen LogP contribution in [0.4, 0.5) is 4.39 Å². The SMILES string of the molecule is Cc1ccc2cccc(OS(=O)(=O)c3ccc(F)c(C#N)c3)c2n1. The zero-order valence-electron chi connectivity index (χ0n) is 12.5. The molecule has 1 heterocycles. The number of pyridine rings is 1. The molecule has 0 amide bonds. The first-order valence-corrected chi connectivity index (χ1v) is 8.32. The highest BCUT2D eigenvalue weighted by Gasteiger charge is 2.20. The Morgan fingerprint density at radius 2 is 1.96 bits per heavy atom. The maximum Gasteiger partial charge on any atom is 0.339 e. The Labute approximate surface area is 138 Å². The van der Waals surface area contributed by atoms with Gasteiger partial charge in [0.05, 0.1) is 5.56 Å². The van der Waals surface area contributed by atoms with Gasteiger partial charge in [-0.3, -0.25) is 0 Å². The second kappa shape index (κ2) is 5.91. The molecule has 7 heteroatoms. The zero-order chi connectivity index (χ0) is 17.3. The number of aryl methyl sites for hydroxylation is 1. The van der Waals surface area contributed by atoms with Crippen molar-refractivity contribution in [3.05, 3.63) is 65.6 Å².